The molecule has 260 valence electrons. The summed E-state index contributed by atoms with van der Waals surface area (Å²) in [4.78, 5) is 26.5. The van der Waals surface area contributed by atoms with Crippen LogP contribution in [-0.4, -0.2) is 22.9 Å². The Bertz CT molecular complexity index is 1990. The molecule has 1 amide bonds. The third-order valence-electron chi connectivity index (χ3n) is 8.79. The van der Waals surface area contributed by atoms with Gasteiger partial charge in [0.25, 0.3) is 0 Å². The van der Waals surface area contributed by atoms with E-state index in [1.165, 1.54) is 5.56 Å². The van der Waals surface area contributed by atoms with E-state index in [4.69, 9.17) is 11.6 Å². The largest absolute Gasteiger partial charge is 1.00 e. The number of amides is 1. The zero-order valence-electron chi connectivity index (χ0n) is 29.7. The van der Waals surface area contributed by atoms with Crippen molar-refractivity contribution in [2.75, 3.05) is 11.1 Å². The van der Waals surface area contributed by atoms with Crippen LogP contribution in [0.25, 0.3) is 22.3 Å². The summed E-state index contributed by atoms with van der Waals surface area (Å²) in [6.45, 7) is 8.57. The van der Waals surface area contributed by atoms with Crippen molar-refractivity contribution < 1.29 is 53.0 Å². The third-order valence-corrected chi connectivity index (χ3v) is 9.83. The number of anilines is 1. The van der Waals surface area contributed by atoms with E-state index < -0.39 is 16.6 Å². The fraction of sp³-hybridized carbons (Fsp3) is 0.238. The standard InChI is InChI=1S/C42H41ClNO4S.Na.H2O/c1-28-26-35(19-24-39(28)43)32-17-22-37(23-18-32)44-41(46)38(27-29-7-9-34(10-8-29)40(45)6-5-25-49(47)48)33-13-11-30(12-14-33)31-15-20-36(21-16-31)42(2,3)4;;/h7-24,26,38H,5-6,25,27H2,1-4H3,(H,44,46);;1H2/q-1;+1;/p-1. The van der Waals surface area contributed by atoms with E-state index in [0.29, 0.717) is 17.7 Å². The first-order valence-corrected chi connectivity index (χ1v) is 18.1. The Labute approximate surface area is 330 Å². The molecule has 2 N–H and O–H groups in total. The van der Waals surface area contributed by atoms with Crippen LogP contribution in [0.4, 0.5) is 5.69 Å². The van der Waals surface area contributed by atoms with Gasteiger partial charge in [0, 0.05) is 22.7 Å². The molecular weight excluding hydrogens is 689 g/mol. The van der Waals surface area contributed by atoms with Crippen molar-refractivity contribution in [3.63, 3.8) is 0 Å². The van der Waals surface area contributed by atoms with Crippen LogP contribution in [-0.2, 0) is 35.8 Å². The van der Waals surface area contributed by atoms with Crippen LogP contribution in [0.5, 0.6) is 0 Å². The summed E-state index contributed by atoms with van der Waals surface area (Å²) in [5.41, 5.74) is 9.61. The Morgan fingerprint density at radius 3 is 1.82 bits per heavy atom. The Kier molecular flexibility index (Phi) is 15.4. The summed E-state index contributed by atoms with van der Waals surface area (Å²) in [5.74, 6) is -0.771. The van der Waals surface area contributed by atoms with Crippen LogP contribution in [0.15, 0.2) is 115 Å². The Morgan fingerprint density at radius 1 is 0.745 bits per heavy atom. The Morgan fingerprint density at radius 2 is 1.27 bits per heavy atom. The van der Waals surface area contributed by atoms with Crippen LogP contribution in [0.3, 0.4) is 0 Å². The monoisotopic (exact) mass is 730 g/mol. The van der Waals surface area contributed by atoms with Crippen LogP contribution in [0.1, 0.15) is 72.1 Å². The molecule has 6 nitrogen and oxygen atoms in total. The molecule has 5 aromatic rings. The van der Waals surface area contributed by atoms with Crippen LogP contribution in [0.2, 0.25) is 5.02 Å². The molecule has 1 unspecified atom stereocenters. The molecule has 51 heavy (non-hydrogen) atoms. The molecule has 0 aromatic heterocycles. The van der Waals surface area contributed by atoms with Crippen molar-refractivity contribution in [2.45, 2.75) is 58.3 Å². The molecular formula is C42H42ClNNaO5S-. The minimum atomic E-state index is -2.16. The number of hydrogen-bond donors (Lipinski definition) is 1. The second kappa shape index (κ2) is 18.8. The molecule has 0 heterocycles. The van der Waals surface area contributed by atoms with Crippen LogP contribution in [0, 0.1) is 6.92 Å². The van der Waals surface area contributed by atoms with E-state index in [1.54, 1.807) is 12.1 Å². The average Bonchev–Trinajstić information content (AvgIpc) is 3.08. The predicted octanol–water partition coefficient (Wildman–Crippen LogP) is 7.34. The number of carbonyl (C=O) groups excluding carboxylic acids is 2. The van der Waals surface area contributed by atoms with E-state index in [-0.39, 0.29) is 70.7 Å². The van der Waals surface area contributed by atoms with E-state index in [0.717, 1.165) is 44.0 Å². The van der Waals surface area contributed by atoms with Crippen LogP contribution >= 0.6 is 11.6 Å². The number of nitrogens with one attached hydrogen (secondary N) is 1. The molecule has 0 spiro atoms. The number of halogens is 1. The number of rotatable bonds is 12. The van der Waals surface area contributed by atoms with Gasteiger partial charge >= 0.3 is 29.6 Å². The molecule has 5 rings (SSSR count). The van der Waals surface area contributed by atoms with Crippen molar-refractivity contribution in [2.24, 2.45) is 0 Å². The minimum absolute atomic E-state index is 0. The molecule has 5 aromatic carbocycles. The fourth-order valence-electron chi connectivity index (χ4n) is 5.79. The molecule has 0 bridgehead atoms. The maximum atomic E-state index is 14.0. The molecule has 0 saturated carbocycles. The number of aryl methyl sites for hydroxylation is 1. The number of hydrogen-bond acceptors (Lipinski definition) is 6. The first kappa shape index (κ1) is 41.9. The summed E-state index contributed by atoms with van der Waals surface area (Å²) in [7, 11) is -2.16. The van der Waals surface area contributed by atoms with Gasteiger partial charge in [0.2, 0.25) is 5.91 Å². The van der Waals surface area contributed by atoms with Crippen molar-refractivity contribution in [1.82, 2.24) is 0 Å². The Balaban J connectivity index is 0.00000351. The summed E-state index contributed by atoms with van der Waals surface area (Å²) in [5, 5.41) is 3.85. The maximum absolute atomic E-state index is 14.0. The summed E-state index contributed by atoms with van der Waals surface area (Å²) in [6.07, 6.45) is 0.882. The zero-order valence-corrected chi connectivity index (χ0v) is 33.3. The van der Waals surface area contributed by atoms with Gasteiger partial charge in [0.15, 0.2) is 5.78 Å². The molecule has 0 fully saturated rings. The molecule has 1 atom stereocenters. The molecule has 0 aliphatic heterocycles. The van der Waals surface area contributed by atoms with Crippen molar-refractivity contribution in [3.05, 3.63) is 148 Å². The predicted molar refractivity (Wildman–Crippen MR) is 203 cm³/mol. The van der Waals surface area contributed by atoms with Crippen molar-refractivity contribution >= 4 is 39.7 Å². The SMILES string of the molecule is Cc1cc(-c2ccc(NC(=O)C(Cc3ccc(C(=O)CCC[S-](=O)=O)cc3)c3ccc(-c4ccc(C(C)(C)C)cc4)cc3)cc2)ccc1Cl.[Na+].[OH-]. The smallest absolute Gasteiger partial charge is 0.870 e. The van der Waals surface area contributed by atoms with E-state index in [9.17, 15) is 18.0 Å². The molecule has 0 aliphatic rings. The van der Waals surface area contributed by atoms with E-state index in [2.05, 4.69) is 62.5 Å². The molecule has 0 saturated heterocycles. The second-order valence-electron chi connectivity index (χ2n) is 13.5. The second-order valence-corrected chi connectivity index (χ2v) is 14.9. The molecule has 9 heteroatoms. The van der Waals surface area contributed by atoms with Gasteiger partial charge in [-0.1, -0.05) is 146 Å². The van der Waals surface area contributed by atoms with Gasteiger partial charge in [-0.25, -0.2) is 0 Å². The summed E-state index contributed by atoms with van der Waals surface area (Å²) < 4.78 is 21.7. The van der Waals surface area contributed by atoms with Gasteiger partial charge in [-0.2, -0.15) is 0 Å². The van der Waals surface area contributed by atoms with Gasteiger partial charge in [0.05, 0.1) is 5.92 Å². The van der Waals surface area contributed by atoms with Crippen LogP contribution < -0.4 is 34.9 Å². The van der Waals surface area contributed by atoms with Crippen molar-refractivity contribution in [1.29, 1.82) is 0 Å². The van der Waals surface area contributed by atoms with Gasteiger partial charge in [0.1, 0.15) is 0 Å². The van der Waals surface area contributed by atoms with Gasteiger partial charge in [-0.05, 0) is 87.5 Å². The van der Waals surface area contributed by atoms with Gasteiger partial charge in [-0.15, -0.1) is 0 Å². The first-order chi connectivity index (χ1) is 23.4. The average molecular weight is 731 g/mol. The quantitative estimate of drug-likeness (QED) is 0.0821. The summed E-state index contributed by atoms with van der Waals surface area (Å²) >= 11 is 6.22. The normalized spacial score (nSPS) is 11.6. The van der Waals surface area contributed by atoms with Crippen molar-refractivity contribution in [3.8, 4) is 22.3 Å². The van der Waals surface area contributed by atoms with Gasteiger partial charge < -0.3 is 19.2 Å². The summed E-state index contributed by atoms with van der Waals surface area (Å²) in [6, 6.07) is 37.7. The number of Topliss-reactive ketones (excluding diaryl/α,β-unsaturated/α-hetero) is 1. The Hall–Kier alpha value is -3.56. The van der Waals surface area contributed by atoms with E-state index >= 15 is 0 Å². The van der Waals surface area contributed by atoms with E-state index in [1.807, 2.05) is 73.7 Å². The maximum Gasteiger partial charge on any atom is 1.00 e. The van der Waals surface area contributed by atoms with Gasteiger partial charge in [-0.3, -0.25) is 9.59 Å². The number of ketones is 1. The minimum Gasteiger partial charge on any atom is -0.870 e. The molecule has 0 aliphatic carbocycles. The first-order valence-electron chi connectivity index (χ1n) is 16.4. The number of benzene rings is 5. The topological polar surface area (TPSA) is 110 Å². The fourth-order valence-corrected chi connectivity index (χ4v) is 6.29. The zero-order chi connectivity index (χ0) is 35.1. The number of carbonyl (C=O) groups is 2. The molecule has 0 radical (unpaired) electrons. The third kappa shape index (κ3) is 11.5.